The summed E-state index contributed by atoms with van der Waals surface area (Å²) < 4.78 is 0. The van der Waals surface area contributed by atoms with Gasteiger partial charge in [-0.1, -0.05) is 30.3 Å². The average molecular weight is 207 g/mol. The minimum Gasteiger partial charge on any atom is -0.391 e. The summed E-state index contributed by atoms with van der Waals surface area (Å²) in [7, 11) is 0. The molecule has 2 nitrogen and oxygen atoms in total. The maximum atomic E-state index is 9.28. The zero-order chi connectivity index (χ0) is 10.2. The molecule has 0 heterocycles. The Balaban J connectivity index is 2.19. The Morgan fingerprint density at radius 1 is 1.36 bits per heavy atom. The van der Waals surface area contributed by atoms with Gasteiger partial charge in [-0.05, 0) is 5.56 Å². The van der Waals surface area contributed by atoms with E-state index in [1.165, 1.54) is 5.56 Å². The molecule has 0 spiro atoms. The van der Waals surface area contributed by atoms with Crippen LogP contribution in [0.1, 0.15) is 12.0 Å². The maximum Gasteiger partial charge on any atom is 0.0760 e. The second kappa shape index (κ2) is 6.47. The van der Waals surface area contributed by atoms with Crippen LogP contribution < -0.4 is 0 Å². The van der Waals surface area contributed by atoms with Gasteiger partial charge in [0.1, 0.15) is 0 Å². The molecule has 0 saturated heterocycles. The lowest BCUT2D eigenvalue weighted by molar-refractivity contribution is 0.205. The Labute approximate surface area is 88.6 Å². The minimum absolute atomic E-state index is 0.224. The van der Waals surface area contributed by atoms with Gasteiger partial charge in [0.2, 0.25) is 0 Å². The lowest BCUT2D eigenvalue weighted by atomic mass is 10.2. The van der Waals surface area contributed by atoms with Gasteiger partial charge < -0.3 is 5.11 Å². The van der Waals surface area contributed by atoms with Crippen LogP contribution in [0.5, 0.6) is 0 Å². The van der Waals surface area contributed by atoms with E-state index >= 15 is 0 Å². The molecule has 3 heteroatoms. The highest BCUT2D eigenvalue weighted by atomic mass is 32.2. The topological polar surface area (TPSA) is 44.0 Å². The number of hydrogen-bond acceptors (Lipinski definition) is 3. The van der Waals surface area contributed by atoms with Crippen LogP contribution in [0.15, 0.2) is 30.3 Å². The van der Waals surface area contributed by atoms with Crippen molar-refractivity contribution in [2.75, 3.05) is 5.75 Å². The number of nitriles is 1. The molecule has 0 fully saturated rings. The highest BCUT2D eigenvalue weighted by molar-refractivity contribution is 7.98. The molecule has 0 bridgehead atoms. The Bertz CT molecular complexity index is 294. The number of aliphatic hydroxyl groups is 1. The first-order valence-electron chi connectivity index (χ1n) is 4.49. The molecule has 0 saturated carbocycles. The molecule has 1 aromatic carbocycles. The molecule has 1 aromatic rings. The predicted octanol–water partition coefficient (Wildman–Crippen LogP) is 2.19. The summed E-state index contributed by atoms with van der Waals surface area (Å²) in [5, 5.41) is 17.6. The van der Waals surface area contributed by atoms with Crippen LogP contribution in [-0.2, 0) is 5.75 Å². The third-order valence-electron chi connectivity index (χ3n) is 1.75. The average Bonchev–Trinajstić information content (AvgIpc) is 2.20. The summed E-state index contributed by atoms with van der Waals surface area (Å²) in [5.74, 6) is 1.52. The van der Waals surface area contributed by atoms with E-state index in [0.717, 1.165) is 5.75 Å². The van der Waals surface area contributed by atoms with Crippen LogP contribution in [0.25, 0.3) is 0 Å². The van der Waals surface area contributed by atoms with Crippen LogP contribution in [0.2, 0.25) is 0 Å². The van der Waals surface area contributed by atoms with Gasteiger partial charge in [-0.3, -0.25) is 0 Å². The molecular weight excluding hydrogens is 194 g/mol. The van der Waals surface area contributed by atoms with E-state index in [1.54, 1.807) is 11.8 Å². The first-order chi connectivity index (χ1) is 6.83. The Morgan fingerprint density at radius 2 is 2.07 bits per heavy atom. The molecule has 1 unspecified atom stereocenters. The maximum absolute atomic E-state index is 9.28. The second-order valence-corrected chi connectivity index (χ2v) is 4.05. The van der Waals surface area contributed by atoms with Gasteiger partial charge in [0.15, 0.2) is 0 Å². The second-order valence-electron chi connectivity index (χ2n) is 3.02. The predicted molar refractivity (Wildman–Crippen MR) is 58.8 cm³/mol. The zero-order valence-corrected chi connectivity index (χ0v) is 8.70. The van der Waals surface area contributed by atoms with Crippen molar-refractivity contribution in [3.8, 4) is 6.07 Å². The van der Waals surface area contributed by atoms with E-state index < -0.39 is 6.10 Å². The highest BCUT2D eigenvalue weighted by Gasteiger charge is 2.02. The summed E-state index contributed by atoms with van der Waals surface area (Å²) in [6, 6.07) is 12.1. The van der Waals surface area contributed by atoms with Crippen molar-refractivity contribution in [2.45, 2.75) is 18.3 Å². The Kier molecular flexibility index (Phi) is 5.13. The van der Waals surface area contributed by atoms with Gasteiger partial charge in [-0.2, -0.15) is 17.0 Å². The summed E-state index contributed by atoms with van der Waals surface area (Å²) in [6.45, 7) is 0. The van der Waals surface area contributed by atoms with E-state index in [1.807, 2.05) is 24.3 Å². The molecule has 1 N–H and O–H groups in total. The smallest absolute Gasteiger partial charge is 0.0760 e. The Morgan fingerprint density at radius 3 is 2.71 bits per heavy atom. The van der Waals surface area contributed by atoms with Gasteiger partial charge >= 0.3 is 0 Å². The third-order valence-corrected chi connectivity index (χ3v) is 2.91. The van der Waals surface area contributed by atoms with E-state index in [9.17, 15) is 5.11 Å². The van der Waals surface area contributed by atoms with Crippen molar-refractivity contribution in [3.63, 3.8) is 0 Å². The van der Waals surface area contributed by atoms with E-state index in [-0.39, 0.29) is 6.42 Å². The Hall–Kier alpha value is -0.980. The number of nitrogens with zero attached hydrogens (tertiary/aromatic N) is 1. The minimum atomic E-state index is -0.492. The fourth-order valence-electron chi connectivity index (χ4n) is 1.05. The van der Waals surface area contributed by atoms with Crippen molar-refractivity contribution in [1.82, 2.24) is 0 Å². The van der Waals surface area contributed by atoms with E-state index in [2.05, 4.69) is 12.1 Å². The van der Waals surface area contributed by atoms with E-state index in [4.69, 9.17) is 5.26 Å². The quantitative estimate of drug-likeness (QED) is 0.805. The lowest BCUT2D eigenvalue weighted by Crippen LogP contribution is -2.08. The van der Waals surface area contributed by atoms with Crippen molar-refractivity contribution in [2.24, 2.45) is 0 Å². The number of aliphatic hydroxyl groups excluding tert-OH is 1. The van der Waals surface area contributed by atoms with Crippen LogP contribution in [0.4, 0.5) is 0 Å². The molecule has 0 radical (unpaired) electrons. The first kappa shape index (κ1) is 11.1. The molecule has 0 amide bonds. The number of thioether (sulfide) groups is 1. The number of benzene rings is 1. The van der Waals surface area contributed by atoms with Crippen LogP contribution >= 0.6 is 11.8 Å². The molecular formula is C11H13NOS. The molecule has 14 heavy (non-hydrogen) atoms. The van der Waals surface area contributed by atoms with Gasteiger partial charge in [0.25, 0.3) is 0 Å². The summed E-state index contributed by atoms with van der Waals surface area (Å²) in [6.07, 6.45) is -0.268. The van der Waals surface area contributed by atoms with Gasteiger partial charge in [0.05, 0.1) is 18.6 Å². The molecule has 0 aliphatic rings. The van der Waals surface area contributed by atoms with Crippen LogP contribution in [-0.4, -0.2) is 17.0 Å². The monoisotopic (exact) mass is 207 g/mol. The molecule has 1 rings (SSSR count). The normalized spacial score (nSPS) is 12.0. The van der Waals surface area contributed by atoms with Crippen molar-refractivity contribution in [3.05, 3.63) is 35.9 Å². The first-order valence-corrected chi connectivity index (χ1v) is 5.65. The standard InChI is InChI=1S/C11H13NOS/c12-7-6-11(13)9-14-8-10-4-2-1-3-5-10/h1-5,11,13H,6,8-9H2. The van der Waals surface area contributed by atoms with Crippen molar-refractivity contribution >= 4 is 11.8 Å². The zero-order valence-electron chi connectivity index (χ0n) is 7.89. The fraction of sp³-hybridized carbons (Fsp3) is 0.364. The highest BCUT2D eigenvalue weighted by Crippen LogP contribution is 2.13. The van der Waals surface area contributed by atoms with Gasteiger partial charge in [-0.25, -0.2) is 0 Å². The molecule has 0 aliphatic heterocycles. The summed E-state index contributed by atoms with van der Waals surface area (Å²) >= 11 is 1.65. The van der Waals surface area contributed by atoms with Gasteiger partial charge in [-0.15, -0.1) is 0 Å². The van der Waals surface area contributed by atoms with Crippen molar-refractivity contribution < 1.29 is 5.11 Å². The van der Waals surface area contributed by atoms with Crippen LogP contribution in [0, 0.1) is 11.3 Å². The summed E-state index contributed by atoms with van der Waals surface area (Å²) in [5.41, 5.74) is 1.25. The molecule has 74 valence electrons. The largest absolute Gasteiger partial charge is 0.391 e. The fourth-order valence-corrected chi connectivity index (χ4v) is 1.99. The SMILES string of the molecule is N#CCC(O)CSCc1ccccc1. The summed E-state index contributed by atoms with van der Waals surface area (Å²) in [4.78, 5) is 0. The van der Waals surface area contributed by atoms with E-state index in [0.29, 0.717) is 5.75 Å². The number of hydrogen-bond donors (Lipinski definition) is 1. The molecule has 0 aromatic heterocycles. The van der Waals surface area contributed by atoms with Crippen molar-refractivity contribution in [1.29, 1.82) is 5.26 Å². The van der Waals surface area contributed by atoms with Gasteiger partial charge in [0, 0.05) is 11.5 Å². The van der Waals surface area contributed by atoms with Crippen LogP contribution in [0.3, 0.4) is 0 Å². The number of rotatable bonds is 5. The molecule has 1 atom stereocenters. The lowest BCUT2D eigenvalue weighted by Gasteiger charge is -2.05. The third kappa shape index (κ3) is 4.31. The molecule has 0 aliphatic carbocycles.